The molecule has 2 aromatic heterocycles. The second-order valence-electron chi connectivity index (χ2n) is 4.18. The molecule has 1 atom stereocenters. The molecular weight excluding hydrogens is 232 g/mol. The van der Waals surface area contributed by atoms with Crippen LogP contribution < -0.4 is 5.32 Å². The van der Waals surface area contributed by atoms with E-state index in [-0.39, 0.29) is 0 Å². The van der Waals surface area contributed by atoms with Crippen LogP contribution in [0.1, 0.15) is 41.6 Å². The van der Waals surface area contributed by atoms with E-state index in [2.05, 4.69) is 22.6 Å². The number of nitrogens with one attached hydrogen (secondary N) is 1. The Labute approximate surface area is 106 Å². The molecule has 17 heavy (non-hydrogen) atoms. The largest absolute Gasteiger partial charge is 0.465 e. The molecule has 4 heteroatoms. The van der Waals surface area contributed by atoms with E-state index in [1.807, 2.05) is 26.0 Å². The Hall–Kier alpha value is -1.13. The zero-order valence-corrected chi connectivity index (χ0v) is 11.3. The molecule has 2 rings (SSSR count). The number of aryl methyl sites for hydroxylation is 2. The Bertz CT molecular complexity index is 475. The van der Waals surface area contributed by atoms with Gasteiger partial charge in [0.25, 0.3) is 0 Å². The first-order chi connectivity index (χ1) is 8.19. The number of nitrogens with zero attached hydrogens (tertiary/aromatic N) is 1. The first-order valence-electron chi connectivity index (χ1n) is 5.89. The van der Waals surface area contributed by atoms with E-state index in [1.165, 1.54) is 0 Å². The molecule has 0 saturated carbocycles. The van der Waals surface area contributed by atoms with Gasteiger partial charge in [0.15, 0.2) is 0 Å². The zero-order valence-electron chi connectivity index (χ0n) is 10.5. The molecule has 0 bridgehead atoms. The van der Waals surface area contributed by atoms with Gasteiger partial charge in [0.1, 0.15) is 16.5 Å². The van der Waals surface area contributed by atoms with E-state index in [0.717, 1.165) is 35.2 Å². The number of furan rings is 1. The number of rotatable bonds is 5. The Morgan fingerprint density at radius 2 is 2.24 bits per heavy atom. The van der Waals surface area contributed by atoms with Crippen LogP contribution in [0.4, 0.5) is 0 Å². The molecule has 0 amide bonds. The van der Waals surface area contributed by atoms with Gasteiger partial charge in [-0.15, -0.1) is 11.3 Å². The van der Waals surface area contributed by atoms with Crippen molar-refractivity contribution < 1.29 is 4.42 Å². The highest BCUT2D eigenvalue weighted by atomic mass is 32.1. The summed E-state index contributed by atoms with van der Waals surface area (Å²) in [6.07, 6.45) is 1.03. The molecule has 2 aromatic rings. The third kappa shape index (κ3) is 3.17. The zero-order chi connectivity index (χ0) is 12.3. The summed E-state index contributed by atoms with van der Waals surface area (Å²) in [4.78, 5) is 4.52. The number of aromatic nitrogens is 1. The average molecular weight is 250 g/mol. The average Bonchev–Trinajstić information content (AvgIpc) is 2.89. The lowest BCUT2D eigenvalue weighted by atomic mass is 10.2. The van der Waals surface area contributed by atoms with Crippen molar-refractivity contribution in [3.05, 3.63) is 39.7 Å². The van der Waals surface area contributed by atoms with Crippen LogP contribution in [0.2, 0.25) is 0 Å². The second kappa shape index (κ2) is 5.47. The highest BCUT2D eigenvalue weighted by Crippen LogP contribution is 2.21. The van der Waals surface area contributed by atoms with Crippen molar-refractivity contribution in [2.45, 2.75) is 39.8 Å². The van der Waals surface area contributed by atoms with Gasteiger partial charge in [-0.25, -0.2) is 4.98 Å². The summed E-state index contributed by atoms with van der Waals surface area (Å²) in [6.45, 7) is 6.92. The standard InChI is InChI=1S/C13H18N2OS/c1-4-12(13-15-9(2)8-17-13)14-7-11-6-5-10(3)16-11/h5-6,8,12,14H,4,7H2,1-3H3. The molecular formula is C13H18N2OS. The van der Waals surface area contributed by atoms with Crippen molar-refractivity contribution in [2.24, 2.45) is 0 Å². The van der Waals surface area contributed by atoms with Gasteiger partial charge in [-0.1, -0.05) is 6.92 Å². The van der Waals surface area contributed by atoms with E-state index in [1.54, 1.807) is 11.3 Å². The van der Waals surface area contributed by atoms with Crippen LogP contribution in [0.5, 0.6) is 0 Å². The maximum absolute atomic E-state index is 5.54. The van der Waals surface area contributed by atoms with Gasteiger partial charge in [-0.05, 0) is 32.4 Å². The lowest BCUT2D eigenvalue weighted by molar-refractivity contribution is 0.430. The SMILES string of the molecule is CCC(NCc1ccc(C)o1)c1nc(C)cs1. The molecule has 3 nitrogen and oxygen atoms in total. The van der Waals surface area contributed by atoms with Gasteiger partial charge < -0.3 is 9.73 Å². The summed E-state index contributed by atoms with van der Waals surface area (Å²) in [6, 6.07) is 4.33. The minimum Gasteiger partial charge on any atom is -0.465 e. The highest BCUT2D eigenvalue weighted by Gasteiger charge is 2.12. The van der Waals surface area contributed by atoms with Crippen molar-refractivity contribution >= 4 is 11.3 Å². The number of hydrogen-bond acceptors (Lipinski definition) is 4. The molecule has 2 heterocycles. The van der Waals surface area contributed by atoms with Crippen molar-refractivity contribution in [1.82, 2.24) is 10.3 Å². The predicted octanol–water partition coefficient (Wildman–Crippen LogP) is 3.59. The summed E-state index contributed by atoms with van der Waals surface area (Å²) in [5.74, 6) is 1.94. The van der Waals surface area contributed by atoms with Crippen molar-refractivity contribution in [3.8, 4) is 0 Å². The molecule has 0 aliphatic heterocycles. The van der Waals surface area contributed by atoms with Gasteiger partial charge in [0, 0.05) is 11.1 Å². The minimum absolute atomic E-state index is 0.319. The Kier molecular flexibility index (Phi) is 3.97. The summed E-state index contributed by atoms with van der Waals surface area (Å²) in [5, 5.41) is 6.74. The summed E-state index contributed by atoms with van der Waals surface area (Å²) >= 11 is 1.72. The van der Waals surface area contributed by atoms with E-state index in [0.29, 0.717) is 6.04 Å². The first kappa shape index (κ1) is 12.3. The van der Waals surface area contributed by atoms with E-state index in [4.69, 9.17) is 4.42 Å². The van der Waals surface area contributed by atoms with Crippen molar-refractivity contribution in [2.75, 3.05) is 0 Å². The van der Waals surface area contributed by atoms with E-state index < -0.39 is 0 Å². The number of hydrogen-bond donors (Lipinski definition) is 1. The fourth-order valence-electron chi connectivity index (χ4n) is 1.74. The summed E-state index contributed by atoms with van der Waals surface area (Å²) < 4.78 is 5.54. The van der Waals surface area contributed by atoms with Crippen LogP contribution in [0.3, 0.4) is 0 Å². The Morgan fingerprint density at radius 1 is 1.41 bits per heavy atom. The third-order valence-electron chi connectivity index (χ3n) is 2.66. The van der Waals surface area contributed by atoms with Crippen molar-refractivity contribution in [1.29, 1.82) is 0 Å². The van der Waals surface area contributed by atoms with Gasteiger partial charge in [0.2, 0.25) is 0 Å². The number of thiazole rings is 1. The third-order valence-corrected chi connectivity index (χ3v) is 3.74. The Balaban J connectivity index is 1.96. The highest BCUT2D eigenvalue weighted by molar-refractivity contribution is 7.09. The lowest BCUT2D eigenvalue weighted by Gasteiger charge is -2.13. The van der Waals surface area contributed by atoms with Crippen LogP contribution in [0, 0.1) is 13.8 Å². The molecule has 92 valence electrons. The molecule has 1 unspecified atom stereocenters. The summed E-state index contributed by atoms with van der Waals surface area (Å²) in [5.41, 5.74) is 1.10. The van der Waals surface area contributed by atoms with E-state index >= 15 is 0 Å². The molecule has 0 aliphatic rings. The summed E-state index contributed by atoms with van der Waals surface area (Å²) in [7, 11) is 0. The van der Waals surface area contributed by atoms with E-state index in [9.17, 15) is 0 Å². The molecule has 0 spiro atoms. The molecule has 1 N–H and O–H groups in total. The maximum Gasteiger partial charge on any atom is 0.117 e. The second-order valence-corrected chi connectivity index (χ2v) is 5.07. The Morgan fingerprint density at radius 3 is 2.76 bits per heavy atom. The van der Waals surface area contributed by atoms with Crippen LogP contribution in [0.15, 0.2) is 21.9 Å². The molecule has 0 aliphatic carbocycles. The van der Waals surface area contributed by atoms with Crippen LogP contribution >= 0.6 is 11.3 Å². The topological polar surface area (TPSA) is 38.1 Å². The lowest BCUT2D eigenvalue weighted by Crippen LogP contribution is -2.19. The van der Waals surface area contributed by atoms with Gasteiger partial charge >= 0.3 is 0 Å². The monoisotopic (exact) mass is 250 g/mol. The quantitative estimate of drug-likeness (QED) is 0.881. The molecule has 0 aromatic carbocycles. The van der Waals surface area contributed by atoms with Crippen molar-refractivity contribution in [3.63, 3.8) is 0 Å². The maximum atomic E-state index is 5.54. The molecule has 0 radical (unpaired) electrons. The first-order valence-corrected chi connectivity index (χ1v) is 6.77. The van der Waals surface area contributed by atoms with Gasteiger partial charge in [0.05, 0.1) is 12.6 Å². The predicted molar refractivity (Wildman–Crippen MR) is 70.2 cm³/mol. The fraction of sp³-hybridized carbons (Fsp3) is 0.462. The van der Waals surface area contributed by atoms with Crippen LogP contribution in [-0.4, -0.2) is 4.98 Å². The van der Waals surface area contributed by atoms with Gasteiger partial charge in [-0.2, -0.15) is 0 Å². The fourth-order valence-corrected chi connectivity index (χ4v) is 2.70. The minimum atomic E-state index is 0.319. The van der Waals surface area contributed by atoms with Crippen LogP contribution in [0.25, 0.3) is 0 Å². The van der Waals surface area contributed by atoms with Gasteiger partial charge in [-0.3, -0.25) is 0 Å². The molecule has 0 saturated heterocycles. The normalized spacial score (nSPS) is 12.9. The smallest absolute Gasteiger partial charge is 0.117 e. The molecule has 0 fully saturated rings. The van der Waals surface area contributed by atoms with Crippen LogP contribution in [-0.2, 0) is 6.54 Å².